The first-order valence-corrected chi connectivity index (χ1v) is 12.2. The van der Waals surface area contributed by atoms with Crippen molar-refractivity contribution in [2.45, 2.75) is 11.5 Å². The average molecular weight is 532 g/mol. The molecule has 0 aliphatic heterocycles. The van der Waals surface area contributed by atoms with Crippen LogP contribution in [-0.2, 0) is 16.6 Å². The maximum absolute atomic E-state index is 12.8. The lowest BCUT2D eigenvalue weighted by Crippen LogP contribution is -2.19. The molecule has 2 aromatic carbocycles. The number of halogens is 3. The largest absolute Gasteiger partial charge is 0.491 e. The van der Waals surface area contributed by atoms with E-state index in [1.165, 1.54) is 30.7 Å². The minimum atomic E-state index is -4.08. The number of nitrogens with zero attached hydrogens (tertiary/aromatic N) is 3. The van der Waals surface area contributed by atoms with Crippen molar-refractivity contribution in [3.8, 4) is 11.5 Å². The van der Waals surface area contributed by atoms with Crippen molar-refractivity contribution >= 4 is 50.6 Å². The number of rotatable bonds is 10. The third-order valence-corrected chi connectivity index (χ3v) is 6.93. The van der Waals surface area contributed by atoms with Gasteiger partial charge in [0.2, 0.25) is 0 Å². The van der Waals surface area contributed by atoms with Gasteiger partial charge in [0.05, 0.1) is 21.3 Å². The van der Waals surface area contributed by atoms with Gasteiger partial charge in [-0.15, -0.1) is 0 Å². The SMILES string of the molecule is CN(C)CCOc1cc(COc2cncnc2NS(=O)(=O)c2cccc(Cl)c2Cl)ccc1Cl. The summed E-state index contributed by atoms with van der Waals surface area (Å²) in [5.74, 6) is 0.613. The fourth-order valence-electron chi connectivity index (χ4n) is 2.62. The highest BCUT2D eigenvalue weighted by atomic mass is 35.5. The molecule has 0 atom stereocenters. The summed E-state index contributed by atoms with van der Waals surface area (Å²) in [7, 11) is -0.184. The maximum atomic E-state index is 12.8. The van der Waals surface area contributed by atoms with E-state index in [9.17, 15) is 8.42 Å². The molecular weight excluding hydrogens is 511 g/mol. The quantitative estimate of drug-likeness (QED) is 0.403. The summed E-state index contributed by atoms with van der Waals surface area (Å²) in [5, 5.41) is 0.503. The first-order valence-electron chi connectivity index (χ1n) is 9.63. The molecule has 0 bridgehead atoms. The molecule has 0 saturated carbocycles. The Morgan fingerprint density at radius 3 is 2.58 bits per heavy atom. The van der Waals surface area contributed by atoms with E-state index in [4.69, 9.17) is 44.3 Å². The lowest BCUT2D eigenvalue weighted by molar-refractivity contribution is 0.260. The zero-order chi connectivity index (χ0) is 24.0. The van der Waals surface area contributed by atoms with E-state index in [0.717, 1.165) is 12.1 Å². The Morgan fingerprint density at radius 2 is 1.82 bits per heavy atom. The number of benzene rings is 2. The van der Waals surface area contributed by atoms with Crippen LogP contribution in [0, 0.1) is 0 Å². The molecule has 8 nitrogen and oxygen atoms in total. The van der Waals surface area contributed by atoms with Crippen molar-refractivity contribution in [2.75, 3.05) is 32.0 Å². The number of ether oxygens (including phenoxy) is 2. The summed E-state index contributed by atoms with van der Waals surface area (Å²) in [4.78, 5) is 9.72. The maximum Gasteiger partial charge on any atom is 0.264 e. The second-order valence-electron chi connectivity index (χ2n) is 7.10. The third kappa shape index (κ3) is 6.84. The van der Waals surface area contributed by atoms with Crippen molar-refractivity contribution < 1.29 is 17.9 Å². The van der Waals surface area contributed by atoms with Gasteiger partial charge in [0.25, 0.3) is 10.0 Å². The molecule has 0 saturated heterocycles. The second kappa shape index (κ2) is 11.2. The first kappa shape index (κ1) is 25.3. The number of aromatic nitrogens is 2. The Balaban J connectivity index is 1.75. The van der Waals surface area contributed by atoms with Gasteiger partial charge in [-0.3, -0.25) is 4.72 Å². The summed E-state index contributed by atoms with van der Waals surface area (Å²) < 4.78 is 39.5. The van der Waals surface area contributed by atoms with E-state index in [-0.39, 0.29) is 33.1 Å². The molecular formula is C21H21Cl3N4O4S. The molecule has 0 aliphatic rings. The highest BCUT2D eigenvalue weighted by molar-refractivity contribution is 7.92. The fraction of sp³-hybridized carbons (Fsp3) is 0.238. The van der Waals surface area contributed by atoms with Crippen LogP contribution in [0.1, 0.15) is 5.56 Å². The van der Waals surface area contributed by atoms with Gasteiger partial charge in [0.1, 0.15) is 30.2 Å². The summed E-state index contributed by atoms with van der Waals surface area (Å²) in [6.45, 7) is 1.31. The Labute approximate surface area is 207 Å². The van der Waals surface area contributed by atoms with Crippen LogP contribution in [0.15, 0.2) is 53.8 Å². The Kier molecular flexibility index (Phi) is 8.61. The fourth-order valence-corrected chi connectivity index (χ4v) is 4.58. The summed E-state index contributed by atoms with van der Waals surface area (Å²) in [5.41, 5.74) is 0.759. The monoisotopic (exact) mass is 530 g/mol. The minimum Gasteiger partial charge on any atom is -0.491 e. The molecule has 0 radical (unpaired) electrons. The predicted octanol–water partition coefficient (Wildman–Crippen LogP) is 4.76. The number of nitrogens with one attached hydrogen (secondary N) is 1. The van der Waals surface area contributed by atoms with Gasteiger partial charge in [0.15, 0.2) is 11.6 Å². The number of likely N-dealkylation sites (N-methyl/N-ethyl adjacent to an activating group) is 1. The van der Waals surface area contributed by atoms with E-state index in [0.29, 0.717) is 17.4 Å². The number of sulfonamides is 1. The minimum absolute atomic E-state index is 0.0440. The lowest BCUT2D eigenvalue weighted by atomic mass is 10.2. The Morgan fingerprint density at radius 1 is 1.03 bits per heavy atom. The van der Waals surface area contributed by atoms with Gasteiger partial charge >= 0.3 is 0 Å². The van der Waals surface area contributed by atoms with Crippen LogP contribution in [0.5, 0.6) is 11.5 Å². The van der Waals surface area contributed by atoms with Crippen LogP contribution < -0.4 is 14.2 Å². The summed E-state index contributed by atoms with van der Waals surface area (Å²) in [6.07, 6.45) is 2.55. The van der Waals surface area contributed by atoms with Gasteiger partial charge in [-0.25, -0.2) is 18.4 Å². The zero-order valence-corrected chi connectivity index (χ0v) is 20.8. The molecule has 1 N–H and O–H groups in total. The highest BCUT2D eigenvalue weighted by Crippen LogP contribution is 2.32. The Bertz CT molecular complexity index is 1230. The van der Waals surface area contributed by atoms with Crippen LogP contribution >= 0.6 is 34.8 Å². The normalized spacial score (nSPS) is 11.5. The van der Waals surface area contributed by atoms with Crippen molar-refractivity contribution in [3.63, 3.8) is 0 Å². The van der Waals surface area contributed by atoms with Crippen LogP contribution in [-0.4, -0.2) is 50.5 Å². The van der Waals surface area contributed by atoms with E-state index in [1.54, 1.807) is 18.2 Å². The van der Waals surface area contributed by atoms with Gasteiger partial charge < -0.3 is 14.4 Å². The Hall–Kier alpha value is -2.30. The van der Waals surface area contributed by atoms with Crippen LogP contribution in [0.4, 0.5) is 5.82 Å². The lowest BCUT2D eigenvalue weighted by Gasteiger charge is -2.15. The molecule has 0 fully saturated rings. The van der Waals surface area contributed by atoms with E-state index < -0.39 is 10.0 Å². The molecule has 3 rings (SSSR count). The number of hydrogen-bond acceptors (Lipinski definition) is 7. The standard InChI is InChI=1S/C21H21Cl3N4O4S/c1-28(2)8-9-31-17-10-14(6-7-15(17)22)12-32-18-11-25-13-26-21(18)27-33(29,30)19-5-3-4-16(23)20(19)24/h3-7,10-11,13H,8-9,12H2,1-2H3,(H,25,26,27). The summed E-state index contributed by atoms with van der Waals surface area (Å²) >= 11 is 18.2. The zero-order valence-electron chi connectivity index (χ0n) is 17.8. The summed E-state index contributed by atoms with van der Waals surface area (Å²) in [6, 6.07) is 9.56. The molecule has 0 aliphatic carbocycles. The number of hydrogen-bond donors (Lipinski definition) is 1. The topological polar surface area (TPSA) is 93.7 Å². The van der Waals surface area contributed by atoms with E-state index >= 15 is 0 Å². The molecule has 3 aromatic rings. The molecule has 176 valence electrons. The van der Waals surface area contributed by atoms with Crippen molar-refractivity contribution in [1.29, 1.82) is 0 Å². The first-order chi connectivity index (χ1) is 15.7. The highest BCUT2D eigenvalue weighted by Gasteiger charge is 2.22. The third-order valence-electron chi connectivity index (χ3n) is 4.30. The van der Waals surface area contributed by atoms with Gasteiger partial charge in [-0.1, -0.05) is 46.9 Å². The molecule has 0 unspecified atom stereocenters. The van der Waals surface area contributed by atoms with Gasteiger partial charge in [-0.05, 0) is 43.9 Å². The molecule has 33 heavy (non-hydrogen) atoms. The number of anilines is 1. The van der Waals surface area contributed by atoms with Crippen molar-refractivity contribution in [1.82, 2.24) is 14.9 Å². The predicted molar refractivity (Wildman–Crippen MR) is 129 cm³/mol. The molecule has 1 aromatic heterocycles. The molecule has 0 spiro atoms. The van der Waals surface area contributed by atoms with E-state index in [2.05, 4.69) is 14.7 Å². The molecule has 12 heteroatoms. The molecule has 1 heterocycles. The smallest absolute Gasteiger partial charge is 0.264 e. The van der Waals surface area contributed by atoms with Crippen LogP contribution in [0.25, 0.3) is 0 Å². The van der Waals surface area contributed by atoms with Gasteiger partial charge in [0, 0.05) is 6.54 Å². The average Bonchev–Trinajstić information content (AvgIpc) is 2.76. The van der Waals surface area contributed by atoms with E-state index in [1.807, 2.05) is 19.0 Å². The van der Waals surface area contributed by atoms with Gasteiger partial charge in [-0.2, -0.15) is 0 Å². The van der Waals surface area contributed by atoms with Crippen molar-refractivity contribution in [2.24, 2.45) is 0 Å². The van der Waals surface area contributed by atoms with Crippen LogP contribution in [0.3, 0.4) is 0 Å². The molecule has 0 amide bonds. The second-order valence-corrected chi connectivity index (χ2v) is 9.94. The van der Waals surface area contributed by atoms with Crippen LogP contribution in [0.2, 0.25) is 15.1 Å². The van der Waals surface area contributed by atoms with Crippen molar-refractivity contribution in [3.05, 3.63) is 69.6 Å².